The highest BCUT2D eigenvalue weighted by atomic mass is 32.1. The molecule has 0 saturated carbocycles. The molecule has 0 saturated heterocycles. The summed E-state index contributed by atoms with van der Waals surface area (Å²) in [6, 6.07) is 11.2. The summed E-state index contributed by atoms with van der Waals surface area (Å²) in [7, 11) is 5.26. The van der Waals surface area contributed by atoms with Gasteiger partial charge >= 0.3 is 8.05 Å². The standard InChI is InChI=1S/C14H9BO2S/c1-8-6-7-10(17-15)14-12(8)13(16)9-4-2-3-5-11(9)18-14/h2-7H,1H3. The molecular formula is C14H9BO2S. The summed E-state index contributed by atoms with van der Waals surface area (Å²) in [5, 5.41) is 1.44. The average Bonchev–Trinajstić information content (AvgIpc) is 2.39. The maximum Gasteiger partial charge on any atom is 0.374 e. The lowest BCUT2D eigenvalue weighted by atomic mass is 10.1. The molecule has 0 atom stereocenters. The van der Waals surface area contributed by atoms with Crippen molar-refractivity contribution in [2.75, 3.05) is 0 Å². The van der Waals surface area contributed by atoms with Crippen molar-refractivity contribution >= 4 is 39.6 Å². The molecule has 0 aliphatic rings. The Hall–Kier alpha value is -1.81. The molecule has 0 N–H and O–H groups in total. The molecule has 0 amide bonds. The zero-order chi connectivity index (χ0) is 12.7. The molecule has 1 heterocycles. The van der Waals surface area contributed by atoms with Crippen LogP contribution in [0.25, 0.3) is 20.2 Å². The van der Waals surface area contributed by atoms with Gasteiger partial charge in [-0.1, -0.05) is 18.2 Å². The molecule has 4 heteroatoms. The van der Waals surface area contributed by atoms with Gasteiger partial charge in [0.15, 0.2) is 5.43 Å². The summed E-state index contributed by atoms with van der Waals surface area (Å²) in [5.41, 5.74) is 0.980. The molecule has 0 aliphatic carbocycles. The Balaban J connectivity index is 2.63. The van der Waals surface area contributed by atoms with Crippen molar-refractivity contribution in [3.05, 3.63) is 52.2 Å². The van der Waals surface area contributed by atoms with E-state index in [2.05, 4.69) is 0 Å². The highest BCUT2D eigenvalue weighted by molar-refractivity contribution is 7.24. The van der Waals surface area contributed by atoms with Gasteiger partial charge in [-0.25, -0.2) is 0 Å². The largest absolute Gasteiger partial charge is 0.567 e. The summed E-state index contributed by atoms with van der Waals surface area (Å²) in [6.45, 7) is 1.92. The molecular weight excluding hydrogens is 243 g/mol. The van der Waals surface area contributed by atoms with Crippen LogP contribution < -0.4 is 10.1 Å². The van der Waals surface area contributed by atoms with Gasteiger partial charge in [-0.05, 0) is 30.7 Å². The van der Waals surface area contributed by atoms with Crippen LogP contribution in [-0.2, 0) is 0 Å². The topological polar surface area (TPSA) is 26.3 Å². The zero-order valence-corrected chi connectivity index (χ0v) is 10.6. The normalized spacial score (nSPS) is 10.9. The van der Waals surface area contributed by atoms with Crippen LogP contribution in [0, 0.1) is 6.92 Å². The second-order valence-electron chi connectivity index (χ2n) is 4.13. The third-order valence-corrected chi connectivity index (χ3v) is 4.21. The third-order valence-electron chi connectivity index (χ3n) is 3.03. The number of fused-ring (bicyclic) bond motifs is 2. The molecule has 0 bridgehead atoms. The van der Waals surface area contributed by atoms with Gasteiger partial charge in [0, 0.05) is 15.5 Å². The van der Waals surface area contributed by atoms with Gasteiger partial charge in [0.1, 0.15) is 5.75 Å². The lowest BCUT2D eigenvalue weighted by Gasteiger charge is -2.08. The Bertz CT molecular complexity index is 808. The van der Waals surface area contributed by atoms with E-state index in [-0.39, 0.29) is 5.43 Å². The van der Waals surface area contributed by atoms with Crippen molar-refractivity contribution in [2.45, 2.75) is 6.92 Å². The van der Waals surface area contributed by atoms with E-state index in [4.69, 9.17) is 12.7 Å². The van der Waals surface area contributed by atoms with Crippen LogP contribution in [0.5, 0.6) is 5.75 Å². The van der Waals surface area contributed by atoms with Crippen LogP contribution >= 0.6 is 11.3 Å². The molecule has 86 valence electrons. The van der Waals surface area contributed by atoms with Crippen LogP contribution in [0.4, 0.5) is 0 Å². The predicted octanol–water partition coefficient (Wildman–Crippen LogP) is 3.19. The molecule has 2 nitrogen and oxygen atoms in total. The maximum atomic E-state index is 12.5. The number of aryl methyl sites for hydroxylation is 1. The fraction of sp³-hybridized carbons (Fsp3) is 0.0714. The highest BCUT2D eigenvalue weighted by Crippen LogP contribution is 2.33. The van der Waals surface area contributed by atoms with Crippen molar-refractivity contribution < 1.29 is 4.65 Å². The van der Waals surface area contributed by atoms with Gasteiger partial charge in [0.2, 0.25) is 0 Å². The van der Waals surface area contributed by atoms with Crippen LogP contribution in [0.15, 0.2) is 41.2 Å². The molecule has 0 fully saturated rings. The van der Waals surface area contributed by atoms with Crippen molar-refractivity contribution in [3.63, 3.8) is 0 Å². The zero-order valence-electron chi connectivity index (χ0n) is 9.77. The Kier molecular flexibility index (Phi) is 2.60. The minimum absolute atomic E-state index is 0.0377. The first-order chi connectivity index (χ1) is 8.72. The molecule has 0 aliphatic heterocycles. The SMILES string of the molecule is [B]Oc1ccc(C)c2c(=O)c3ccccc3sc12. The van der Waals surface area contributed by atoms with Gasteiger partial charge in [0.05, 0.1) is 4.70 Å². The first kappa shape index (κ1) is 11.3. The smallest absolute Gasteiger partial charge is 0.374 e. The van der Waals surface area contributed by atoms with Gasteiger partial charge in [-0.3, -0.25) is 4.79 Å². The predicted molar refractivity (Wildman–Crippen MR) is 76.7 cm³/mol. The molecule has 3 aromatic rings. The lowest BCUT2D eigenvalue weighted by Crippen LogP contribution is -2.03. The monoisotopic (exact) mass is 252 g/mol. The highest BCUT2D eigenvalue weighted by Gasteiger charge is 2.11. The molecule has 2 radical (unpaired) electrons. The summed E-state index contributed by atoms with van der Waals surface area (Å²) >= 11 is 1.53. The molecule has 3 rings (SSSR count). The minimum atomic E-state index is 0.0377. The van der Waals surface area contributed by atoms with Crippen LogP contribution in [-0.4, -0.2) is 8.05 Å². The van der Waals surface area contributed by atoms with Crippen molar-refractivity contribution in [3.8, 4) is 5.75 Å². The van der Waals surface area contributed by atoms with Crippen LogP contribution in [0.1, 0.15) is 5.56 Å². The molecule has 1 aromatic heterocycles. The summed E-state index contributed by atoms with van der Waals surface area (Å²) in [4.78, 5) is 12.5. The quantitative estimate of drug-likeness (QED) is 0.491. The van der Waals surface area contributed by atoms with E-state index >= 15 is 0 Å². The first-order valence-electron chi connectivity index (χ1n) is 5.54. The Morgan fingerprint density at radius 1 is 1.17 bits per heavy atom. The van der Waals surface area contributed by atoms with E-state index in [1.165, 1.54) is 11.3 Å². The Labute approximate surface area is 109 Å². The van der Waals surface area contributed by atoms with E-state index in [9.17, 15) is 4.79 Å². The van der Waals surface area contributed by atoms with E-state index in [0.29, 0.717) is 11.1 Å². The number of hydrogen-bond acceptors (Lipinski definition) is 3. The van der Waals surface area contributed by atoms with E-state index < -0.39 is 0 Å². The summed E-state index contributed by atoms with van der Waals surface area (Å²) < 4.78 is 6.61. The average molecular weight is 252 g/mol. The van der Waals surface area contributed by atoms with Crippen molar-refractivity contribution in [1.82, 2.24) is 0 Å². The fourth-order valence-electron chi connectivity index (χ4n) is 2.13. The van der Waals surface area contributed by atoms with E-state index in [1.54, 1.807) is 6.07 Å². The van der Waals surface area contributed by atoms with Crippen molar-refractivity contribution in [2.24, 2.45) is 0 Å². The van der Waals surface area contributed by atoms with Gasteiger partial charge < -0.3 is 4.65 Å². The van der Waals surface area contributed by atoms with E-state index in [1.807, 2.05) is 37.3 Å². The van der Waals surface area contributed by atoms with Gasteiger partial charge in [-0.2, -0.15) is 0 Å². The number of benzene rings is 2. The lowest BCUT2D eigenvalue weighted by molar-refractivity contribution is 0.625. The Morgan fingerprint density at radius 3 is 2.72 bits per heavy atom. The molecule has 0 spiro atoms. The summed E-state index contributed by atoms with van der Waals surface area (Å²) in [5.74, 6) is 0.545. The third kappa shape index (κ3) is 1.53. The van der Waals surface area contributed by atoms with Gasteiger partial charge in [-0.15, -0.1) is 11.3 Å². The first-order valence-corrected chi connectivity index (χ1v) is 6.36. The van der Waals surface area contributed by atoms with Crippen molar-refractivity contribution in [1.29, 1.82) is 0 Å². The second-order valence-corrected chi connectivity index (χ2v) is 5.18. The van der Waals surface area contributed by atoms with E-state index in [0.717, 1.165) is 20.3 Å². The van der Waals surface area contributed by atoms with Crippen LogP contribution in [0.2, 0.25) is 0 Å². The fourth-order valence-corrected chi connectivity index (χ4v) is 3.34. The minimum Gasteiger partial charge on any atom is -0.567 e. The maximum absolute atomic E-state index is 12.5. The number of hydrogen-bond donors (Lipinski definition) is 0. The second kappa shape index (κ2) is 4.14. The molecule has 2 aromatic carbocycles. The van der Waals surface area contributed by atoms with Crippen LogP contribution in [0.3, 0.4) is 0 Å². The number of rotatable bonds is 1. The van der Waals surface area contributed by atoms with Gasteiger partial charge in [0.25, 0.3) is 0 Å². The molecule has 18 heavy (non-hydrogen) atoms. The molecule has 0 unspecified atom stereocenters. The Morgan fingerprint density at radius 2 is 1.94 bits per heavy atom. The summed E-state index contributed by atoms with van der Waals surface area (Å²) in [6.07, 6.45) is 0.